The summed E-state index contributed by atoms with van der Waals surface area (Å²) in [6.45, 7) is 6.21. The molecule has 1 aromatic heterocycles. The van der Waals surface area contributed by atoms with Crippen molar-refractivity contribution >= 4 is 0 Å². The summed E-state index contributed by atoms with van der Waals surface area (Å²) < 4.78 is 10.8. The van der Waals surface area contributed by atoms with Crippen molar-refractivity contribution < 1.29 is 9.26 Å². The van der Waals surface area contributed by atoms with E-state index in [-0.39, 0.29) is 12.6 Å². The highest BCUT2D eigenvalue weighted by atomic mass is 16.5. The molecule has 1 heterocycles. The first kappa shape index (κ1) is 13.5. The average Bonchev–Trinajstić information content (AvgIpc) is 2.85. The second-order valence-corrected chi connectivity index (χ2v) is 4.58. The Kier molecular flexibility index (Phi) is 4.16. The normalized spacial score (nSPS) is 12.4. The summed E-state index contributed by atoms with van der Waals surface area (Å²) in [7, 11) is 0. The lowest BCUT2D eigenvalue weighted by Crippen LogP contribution is -2.09. The van der Waals surface area contributed by atoms with Gasteiger partial charge in [-0.2, -0.15) is 4.98 Å². The van der Waals surface area contributed by atoms with Crippen LogP contribution in [0, 0.1) is 6.92 Å². The highest BCUT2D eigenvalue weighted by Crippen LogP contribution is 2.25. The van der Waals surface area contributed by atoms with Crippen LogP contribution in [0.15, 0.2) is 22.7 Å². The number of aromatic nitrogens is 2. The fourth-order valence-corrected chi connectivity index (χ4v) is 1.79. The second kappa shape index (κ2) is 5.84. The number of nitrogens with zero attached hydrogens (tertiary/aromatic N) is 2. The van der Waals surface area contributed by atoms with E-state index >= 15 is 0 Å². The van der Waals surface area contributed by atoms with E-state index in [1.807, 2.05) is 39.0 Å². The van der Waals surface area contributed by atoms with Gasteiger partial charge in [0.1, 0.15) is 5.75 Å². The fourth-order valence-electron chi connectivity index (χ4n) is 1.79. The minimum atomic E-state index is -0.0774. The zero-order valence-corrected chi connectivity index (χ0v) is 11.5. The lowest BCUT2D eigenvalue weighted by Gasteiger charge is -2.13. The van der Waals surface area contributed by atoms with Gasteiger partial charge in [-0.3, -0.25) is 0 Å². The smallest absolute Gasteiger partial charge is 0.226 e. The van der Waals surface area contributed by atoms with E-state index in [1.54, 1.807) is 0 Å². The van der Waals surface area contributed by atoms with Crippen molar-refractivity contribution in [2.75, 3.05) is 0 Å². The molecule has 0 fully saturated rings. The number of hydrogen-bond acceptors (Lipinski definition) is 5. The van der Waals surface area contributed by atoms with Gasteiger partial charge in [0, 0.05) is 18.0 Å². The van der Waals surface area contributed by atoms with Crippen LogP contribution in [-0.2, 0) is 13.0 Å². The molecular formula is C14H19N3O2. The zero-order valence-electron chi connectivity index (χ0n) is 11.5. The number of benzene rings is 1. The van der Waals surface area contributed by atoms with Gasteiger partial charge in [-0.05, 0) is 19.9 Å². The molecule has 1 aromatic carbocycles. The van der Waals surface area contributed by atoms with E-state index in [2.05, 4.69) is 10.1 Å². The molecule has 0 amide bonds. The first-order valence-electron chi connectivity index (χ1n) is 6.40. The van der Waals surface area contributed by atoms with E-state index in [9.17, 15) is 0 Å². The first-order chi connectivity index (χ1) is 9.10. The van der Waals surface area contributed by atoms with Crippen LogP contribution in [0.1, 0.15) is 42.7 Å². The Labute approximate surface area is 112 Å². The third-order valence-electron chi connectivity index (χ3n) is 2.83. The lowest BCUT2D eigenvalue weighted by molar-refractivity contribution is 0.281. The summed E-state index contributed by atoms with van der Waals surface area (Å²) in [5.74, 6) is 1.94. The molecule has 0 aliphatic heterocycles. The molecule has 2 N–H and O–H groups in total. The summed E-state index contributed by atoms with van der Waals surface area (Å²) in [5.41, 5.74) is 8.09. The first-order valence-corrected chi connectivity index (χ1v) is 6.40. The van der Waals surface area contributed by atoms with Crippen LogP contribution in [-0.4, -0.2) is 10.1 Å². The van der Waals surface area contributed by atoms with Gasteiger partial charge in [0.25, 0.3) is 0 Å². The molecule has 0 aliphatic carbocycles. The standard InChI is InChI=1S/C14H19N3O2/c1-4-14-16-13(17-19-14)8-18-12-6-5-9(2)7-11(12)10(3)15/h5-7,10H,4,8,15H2,1-3H3/t10-/m1/s1. The Balaban J connectivity index is 2.10. The molecule has 0 spiro atoms. The van der Waals surface area contributed by atoms with Gasteiger partial charge in [0.15, 0.2) is 6.61 Å². The molecule has 0 aliphatic rings. The van der Waals surface area contributed by atoms with Crippen LogP contribution in [0.4, 0.5) is 0 Å². The fraction of sp³-hybridized carbons (Fsp3) is 0.429. The van der Waals surface area contributed by atoms with E-state index < -0.39 is 0 Å². The van der Waals surface area contributed by atoms with Crippen LogP contribution in [0.3, 0.4) is 0 Å². The second-order valence-electron chi connectivity index (χ2n) is 4.58. The highest BCUT2D eigenvalue weighted by molar-refractivity contribution is 5.38. The summed E-state index contributed by atoms with van der Waals surface area (Å²) in [4.78, 5) is 4.20. The molecule has 2 rings (SSSR count). The van der Waals surface area contributed by atoms with Gasteiger partial charge in [-0.15, -0.1) is 0 Å². The molecule has 0 bridgehead atoms. The summed E-state index contributed by atoms with van der Waals surface area (Å²) in [6, 6.07) is 5.88. The lowest BCUT2D eigenvalue weighted by atomic mass is 10.1. The molecule has 0 saturated carbocycles. The van der Waals surface area contributed by atoms with Crippen LogP contribution in [0.5, 0.6) is 5.75 Å². The number of hydrogen-bond donors (Lipinski definition) is 1. The monoisotopic (exact) mass is 261 g/mol. The Morgan fingerprint density at radius 2 is 2.21 bits per heavy atom. The van der Waals surface area contributed by atoms with Gasteiger partial charge in [0.05, 0.1) is 0 Å². The van der Waals surface area contributed by atoms with E-state index in [4.69, 9.17) is 15.0 Å². The number of aryl methyl sites for hydroxylation is 2. The van der Waals surface area contributed by atoms with E-state index in [0.29, 0.717) is 11.7 Å². The molecule has 5 heteroatoms. The maximum absolute atomic E-state index is 5.95. The van der Waals surface area contributed by atoms with Crippen LogP contribution in [0.25, 0.3) is 0 Å². The van der Waals surface area contributed by atoms with Crippen molar-refractivity contribution in [3.8, 4) is 5.75 Å². The average molecular weight is 261 g/mol. The number of rotatable bonds is 5. The highest BCUT2D eigenvalue weighted by Gasteiger charge is 2.10. The van der Waals surface area contributed by atoms with Crippen molar-refractivity contribution in [1.29, 1.82) is 0 Å². The topological polar surface area (TPSA) is 74.2 Å². The number of nitrogens with two attached hydrogens (primary N) is 1. The molecule has 2 aromatic rings. The van der Waals surface area contributed by atoms with Crippen molar-refractivity contribution in [2.45, 2.75) is 39.8 Å². The summed E-state index contributed by atoms with van der Waals surface area (Å²) in [5, 5.41) is 3.85. The van der Waals surface area contributed by atoms with Crippen LogP contribution >= 0.6 is 0 Å². The molecule has 1 atom stereocenters. The van der Waals surface area contributed by atoms with E-state index in [0.717, 1.165) is 23.3 Å². The van der Waals surface area contributed by atoms with Crippen molar-refractivity contribution in [3.05, 3.63) is 41.0 Å². The quantitative estimate of drug-likeness (QED) is 0.895. The Hall–Kier alpha value is -1.88. The van der Waals surface area contributed by atoms with Crippen LogP contribution < -0.4 is 10.5 Å². The number of ether oxygens (including phenoxy) is 1. The molecule has 19 heavy (non-hydrogen) atoms. The largest absolute Gasteiger partial charge is 0.485 e. The minimum Gasteiger partial charge on any atom is -0.485 e. The predicted molar refractivity (Wildman–Crippen MR) is 71.8 cm³/mol. The van der Waals surface area contributed by atoms with Crippen LogP contribution in [0.2, 0.25) is 0 Å². The van der Waals surface area contributed by atoms with Crippen molar-refractivity contribution in [3.63, 3.8) is 0 Å². The van der Waals surface area contributed by atoms with Gasteiger partial charge in [0.2, 0.25) is 11.7 Å². The molecule has 0 radical (unpaired) electrons. The Morgan fingerprint density at radius 3 is 2.84 bits per heavy atom. The van der Waals surface area contributed by atoms with Gasteiger partial charge in [-0.1, -0.05) is 29.8 Å². The Bertz CT molecular complexity index is 549. The SMILES string of the molecule is CCc1nc(COc2ccc(C)cc2[C@@H](C)N)no1. The third kappa shape index (κ3) is 3.32. The summed E-state index contributed by atoms with van der Waals surface area (Å²) in [6.07, 6.45) is 0.725. The molecular weight excluding hydrogens is 242 g/mol. The van der Waals surface area contributed by atoms with Crippen molar-refractivity contribution in [2.24, 2.45) is 5.73 Å². The van der Waals surface area contributed by atoms with Gasteiger partial charge >= 0.3 is 0 Å². The van der Waals surface area contributed by atoms with E-state index in [1.165, 1.54) is 0 Å². The van der Waals surface area contributed by atoms with Crippen molar-refractivity contribution in [1.82, 2.24) is 10.1 Å². The molecule has 0 unspecified atom stereocenters. The van der Waals surface area contributed by atoms with Gasteiger partial charge in [-0.25, -0.2) is 0 Å². The molecule has 5 nitrogen and oxygen atoms in total. The maximum Gasteiger partial charge on any atom is 0.226 e. The van der Waals surface area contributed by atoms with Gasteiger partial charge < -0.3 is 15.0 Å². The molecule has 102 valence electrons. The maximum atomic E-state index is 5.95. The predicted octanol–water partition coefficient (Wildman–Crippen LogP) is 2.54. The zero-order chi connectivity index (χ0) is 13.8. The minimum absolute atomic E-state index is 0.0774. The Morgan fingerprint density at radius 1 is 1.42 bits per heavy atom. The third-order valence-corrected chi connectivity index (χ3v) is 2.83. The molecule has 0 saturated heterocycles. The summed E-state index contributed by atoms with van der Waals surface area (Å²) >= 11 is 0.